The Labute approximate surface area is 89.3 Å². The second kappa shape index (κ2) is 7.97. The average molecular weight is 219 g/mol. The minimum absolute atomic E-state index is 0.192. The number of nitrogens with zero attached hydrogens (tertiary/aromatic N) is 1. The number of carbonyl (C=O) groups is 1. The van der Waals surface area contributed by atoms with Crippen LogP contribution in [0.3, 0.4) is 0 Å². The minimum atomic E-state index is -1.31. The molecule has 3 nitrogen and oxygen atoms in total. The van der Waals surface area contributed by atoms with Crippen LogP contribution < -0.4 is 0 Å². The minimum Gasteiger partial charge on any atom is -0.332 e. The van der Waals surface area contributed by atoms with Gasteiger partial charge < -0.3 is 4.90 Å². The van der Waals surface area contributed by atoms with E-state index in [1.165, 1.54) is 0 Å². The molecule has 0 rings (SSSR count). The van der Waals surface area contributed by atoms with Crippen LogP contribution in [-0.4, -0.2) is 33.2 Å². The summed E-state index contributed by atoms with van der Waals surface area (Å²) in [5.41, 5.74) is 0. The van der Waals surface area contributed by atoms with E-state index in [9.17, 15) is 9.00 Å². The predicted molar refractivity (Wildman–Crippen MR) is 60.9 cm³/mol. The molecular formula is C10H21NO2S. The zero-order valence-corrected chi connectivity index (χ0v) is 10.2. The molecule has 0 aromatic heterocycles. The van der Waals surface area contributed by atoms with Crippen LogP contribution in [0.25, 0.3) is 0 Å². The molecule has 0 fully saturated rings. The molecule has 84 valence electrons. The smallest absolute Gasteiger partial charge is 0.311 e. The van der Waals surface area contributed by atoms with Gasteiger partial charge in [0.05, 0.1) is 0 Å². The molecule has 0 aliphatic rings. The maximum absolute atomic E-state index is 11.6. The number of carbonyl (C=O) groups excluding carboxylic acids is 1. The third kappa shape index (κ3) is 4.74. The Balaban J connectivity index is 4.09. The van der Waals surface area contributed by atoms with Gasteiger partial charge in [0, 0.05) is 18.8 Å². The van der Waals surface area contributed by atoms with Crippen molar-refractivity contribution < 1.29 is 9.00 Å². The van der Waals surface area contributed by atoms with Crippen molar-refractivity contribution in [2.45, 2.75) is 40.0 Å². The van der Waals surface area contributed by atoms with Gasteiger partial charge in [-0.2, -0.15) is 0 Å². The molecule has 0 aliphatic carbocycles. The molecule has 4 heteroatoms. The summed E-state index contributed by atoms with van der Waals surface area (Å²) < 4.78 is 11.4. The van der Waals surface area contributed by atoms with E-state index in [0.29, 0.717) is 12.3 Å². The van der Waals surface area contributed by atoms with Crippen LogP contribution in [0.1, 0.15) is 40.0 Å². The molecule has 0 radical (unpaired) electrons. The molecule has 0 bridgehead atoms. The first-order valence-corrected chi connectivity index (χ1v) is 6.66. The number of hydrogen-bond acceptors (Lipinski definition) is 2. The van der Waals surface area contributed by atoms with Crippen LogP contribution in [0, 0.1) is 0 Å². The first-order chi connectivity index (χ1) is 6.67. The Morgan fingerprint density at radius 1 is 1.21 bits per heavy atom. The molecule has 14 heavy (non-hydrogen) atoms. The highest BCUT2D eigenvalue weighted by Gasteiger charge is 2.17. The lowest BCUT2D eigenvalue weighted by Crippen LogP contribution is -2.34. The lowest BCUT2D eigenvalue weighted by molar-refractivity contribution is 0.223. The molecule has 0 aromatic carbocycles. The van der Waals surface area contributed by atoms with Gasteiger partial charge in [-0.15, -0.1) is 0 Å². The maximum atomic E-state index is 11.6. The fourth-order valence-electron chi connectivity index (χ4n) is 1.14. The number of unbranched alkanes of at least 4 members (excludes halogenated alkanes) is 1. The zero-order valence-electron chi connectivity index (χ0n) is 9.41. The second-order valence-electron chi connectivity index (χ2n) is 3.25. The van der Waals surface area contributed by atoms with Gasteiger partial charge in [0.15, 0.2) is 0 Å². The van der Waals surface area contributed by atoms with E-state index >= 15 is 0 Å². The van der Waals surface area contributed by atoms with Crippen LogP contribution in [0.4, 0.5) is 4.79 Å². The van der Waals surface area contributed by atoms with Gasteiger partial charge in [-0.05, 0) is 19.8 Å². The summed E-state index contributed by atoms with van der Waals surface area (Å²) in [5, 5.41) is -0.192. The molecular weight excluding hydrogens is 198 g/mol. The zero-order chi connectivity index (χ0) is 11.0. The molecule has 0 saturated carbocycles. The summed E-state index contributed by atoms with van der Waals surface area (Å²) in [7, 11) is -1.31. The van der Waals surface area contributed by atoms with Crippen molar-refractivity contribution in [3.05, 3.63) is 0 Å². The Hall–Kier alpha value is -0.380. The van der Waals surface area contributed by atoms with Crippen molar-refractivity contribution >= 4 is 16.0 Å². The van der Waals surface area contributed by atoms with Gasteiger partial charge >= 0.3 is 5.24 Å². The van der Waals surface area contributed by atoms with Gasteiger partial charge in [-0.3, -0.25) is 4.79 Å². The van der Waals surface area contributed by atoms with Crippen molar-refractivity contribution in [2.75, 3.05) is 18.8 Å². The van der Waals surface area contributed by atoms with E-state index in [0.717, 1.165) is 25.8 Å². The van der Waals surface area contributed by atoms with Gasteiger partial charge in [-0.25, -0.2) is 4.21 Å². The highest BCUT2D eigenvalue weighted by Crippen LogP contribution is 2.01. The Morgan fingerprint density at radius 2 is 1.86 bits per heavy atom. The van der Waals surface area contributed by atoms with Crippen molar-refractivity contribution in [1.82, 2.24) is 4.90 Å². The fourth-order valence-corrected chi connectivity index (χ4v) is 2.20. The van der Waals surface area contributed by atoms with E-state index in [-0.39, 0.29) is 5.24 Å². The van der Waals surface area contributed by atoms with E-state index in [2.05, 4.69) is 6.92 Å². The topological polar surface area (TPSA) is 37.4 Å². The Morgan fingerprint density at radius 3 is 2.29 bits per heavy atom. The standard InChI is InChI=1S/C10H21NO2S/c1-4-7-8-11(6-3)10(12)14(13)9-5-2/h4-9H2,1-3H3. The van der Waals surface area contributed by atoms with E-state index in [4.69, 9.17) is 0 Å². The number of amides is 1. The second-order valence-corrected chi connectivity index (χ2v) is 4.70. The molecule has 1 amide bonds. The highest BCUT2D eigenvalue weighted by atomic mass is 32.2. The lowest BCUT2D eigenvalue weighted by atomic mass is 10.3. The van der Waals surface area contributed by atoms with Crippen LogP contribution in [-0.2, 0) is 10.8 Å². The molecule has 0 aliphatic heterocycles. The molecule has 1 unspecified atom stereocenters. The summed E-state index contributed by atoms with van der Waals surface area (Å²) in [4.78, 5) is 13.3. The summed E-state index contributed by atoms with van der Waals surface area (Å²) in [6.45, 7) is 7.35. The summed E-state index contributed by atoms with van der Waals surface area (Å²) in [6.07, 6.45) is 2.84. The quantitative estimate of drug-likeness (QED) is 0.688. The third-order valence-electron chi connectivity index (χ3n) is 2.01. The van der Waals surface area contributed by atoms with Crippen LogP contribution in [0.5, 0.6) is 0 Å². The normalized spacial score (nSPS) is 12.5. The van der Waals surface area contributed by atoms with Crippen molar-refractivity contribution in [1.29, 1.82) is 0 Å². The van der Waals surface area contributed by atoms with Gasteiger partial charge in [0.25, 0.3) is 0 Å². The molecule has 0 heterocycles. The fraction of sp³-hybridized carbons (Fsp3) is 0.900. The SMILES string of the molecule is CCCCN(CC)C(=O)S(=O)CCC. The predicted octanol–water partition coefficient (Wildman–Crippen LogP) is 2.39. The summed E-state index contributed by atoms with van der Waals surface area (Å²) in [6, 6.07) is 0. The largest absolute Gasteiger partial charge is 0.332 e. The molecule has 0 aromatic rings. The molecule has 0 spiro atoms. The average Bonchev–Trinajstić information content (AvgIpc) is 2.19. The first-order valence-electron chi connectivity index (χ1n) is 5.34. The molecule has 1 atom stereocenters. The molecule has 0 saturated heterocycles. The van der Waals surface area contributed by atoms with Crippen LogP contribution in [0.2, 0.25) is 0 Å². The summed E-state index contributed by atoms with van der Waals surface area (Å²) >= 11 is 0. The Kier molecular flexibility index (Phi) is 7.76. The Bertz CT molecular complexity index is 195. The van der Waals surface area contributed by atoms with Crippen LogP contribution in [0.15, 0.2) is 0 Å². The van der Waals surface area contributed by atoms with Gasteiger partial charge in [0.1, 0.15) is 10.8 Å². The maximum Gasteiger partial charge on any atom is 0.311 e. The van der Waals surface area contributed by atoms with Crippen molar-refractivity contribution in [3.63, 3.8) is 0 Å². The summed E-state index contributed by atoms with van der Waals surface area (Å²) in [5.74, 6) is 0.488. The third-order valence-corrected chi connectivity index (χ3v) is 3.43. The van der Waals surface area contributed by atoms with E-state index in [1.54, 1.807) is 4.90 Å². The first kappa shape index (κ1) is 13.6. The van der Waals surface area contributed by atoms with Gasteiger partial charge in [-0.1, -0.05) is 20.3 Å². The van der Waals surface area contributed by atoms with E-state index in [1.807, 2.05) is 13.8 Å². The highest BCUT2D eigenvalue weighted by molar-refractivity contribution is 8.00. The van der Waals surface area contributed by atoms with Crippen molar-refractivity contribution in [2.24, 2.45) is 0 Å². The van der Waals surface area contributed by atoms with E-state index < -0.39 is 10.8 Å². The molecule has 0 N–H and O–H groups in total. The van der Waals surface area contributed by atoms with Crippen LogP contribution >= 0.6 is 0 Å². The number of hydrogen-bond donors (Lipinski definition) is 0. The van der Waals surface area contributed by atoms with Gasteiger partial charge in [0.2, 0.25) is 0 Å². The monoisotopic (exact) mass is 219 g/mol. The number of rotatable bonds is 6. The van der Waals surface area contributed by atoms with Crippen molar-refractivity contribution in [3.8, 4) is 0 Å². The lowest BCUT2D eigenvalue weighted by Gasteiger charge is -2.19.